The smallest absolute Gasteiger partial charge is 0.275 e. The predicted molar refractivity (Wildman–Crippen MR) is 83.6 cm³/mol. The maximum absolute atomic E-state index is 12.9. The van der Waals surface area contributed by atoms with Gasteiger partial charge < -0.3 is 5.32 Å². The fraction of sp³-hybridized carbons (Fsp3) is 0.188. The molecule has 0 saturated carbocycles. The van der Waals surface area contributed by atoms with E-state index >= 15 is 0 Å². The van der Waals surface area contributed by atoms with Crippen LogP contribution in [0.2, 0.25) is 0 Å². The first-order valence-corrected chi connectivity index (χ1v) is 7.27. The standard InChI is InChI=1S/C16H16FN5O/c1-2-22-14(7-9-18-22)16(23)19-15-8-10-21(20-15)11-12-3-5-13(17)6-4-12/h3-10H,2,11H2,1H3,(H,19,20,23). The summed E-state index contributed by atoms with van der Waals surface area (Å²) in [5.74, 6) is -0.0629. The van der Waals surface area contributed by atoms with Crippen LogP contribution in [0.1, 0.15) is 23.0 Å². The Morgan fingerprint density at radius 1 is 1.22 bits per heavy atom. The van der Waals surface area contributed by atoms with Gasteiger partial charge in [0.05, 0.1) is 6.54 Å². The van der Waals surface area contributed by atoms with E-state index in [1.54, 1.807) is 46.0 Å². The summed E-state index contributed by atoms with van der Waals surface area (Å²) in [4.78, 5) is 12.2. The fourth-order valence-corrected chi connectivity index (χ4v) is 2.25. The number of aryl methyl sites for hydroxylation is 1. The molecule has 1 aromatic carbocycles. The van der Waals surface area contributed by atoms with Gasteiger partial charge in [0.1, 0.15) is 11.5 Å². The lowest BCUT2D eigenvalue weighted by Crippen LogP contribution is -2.17. The Labute approximate surface area is 132 Å². The van der Waals surface area contributed by atoms with Crippen LogP contribution in [0.25, 0.3) is 0 Å². The number of carbonyl (C=O) groups is 1. The summed E-state index contributed by atoms with van der Waals surface area (Å²) in [6.07, 6.45) is 3.35. The molecule has 7 heteroatoms. The minimum Gasteiger partial charge on any atom is -0.304 e. The number of hydrogen-bond acceptors (Lipinski definition) is 3. The Bertz CT molecular complexity index is 806. The van der Waals surface area contributed by atoms with Gasteiger partial charge in [0, 0.05) is 25.0 Å². The van der Waals surface area contributed by atoms with Gasteiger partial charge in [-0.25, -0.2) is 4.39 Å². The molecule has 0 fully saturated rings. The van der Waals surface area contributed by atoms with E-state index in [9.17, 15) is 9.18 Å². The summed E-state index contributed by atoms with van der Waals surface area (Å²) in [5, 5.41) is 11.1. The zero-order valence-corrected chi connectivity index (χ0v) is 12.6. The molecule has 1 N–H and O–H groups in total. The van der Waals surface area contributed by atoms with Crippen LogP contribution in [0.15, 0.2) is 48.8 Å². The average Bonchev–Trinajstić information content (AvgIpc) is 3.18. The summed E-state index contributed by atoms with van der Waals surface area (Å²) in [5.41, 5.74) is 1.41. The van der Waals surface area contributed by atoms with Crippen molar-refractivity contribution in [1.82, 2.24) is 19.6 Å². The van der Waals surface area contributed by atoms with E-state index in [0.717, 1.165) is 5.56 Å². The third-order valence-electron chi connectivity index (χ3n) is 3.39. The van der Waals surface area contributed by atoms with E-state index in [2.05, 4.69) is 15.5 Å². The third-order valence-corrected chi connectivity index (χ3v) is 3.39. The van der Waals surface area contributed by atoms with Gasteiger partial charge in [0.15, 0.2) is 5.82 Å². The summed E-state index contributed by atoms with van der Waals surface area (Å²) in [6.45, 7) is 3.04. The predicted octanol–water partition coefficient (Wildman–Crippen LogP) is 2.54. The second-order valence-corrected chi connectivity index (χ2v) is 5.01. The maximum atomic E-state index is 12.9. The molecule has 0 bridgehead atoms. The zero-order valence-electron chi connectivity index (χ0n) is 12.6. The molecule has 0 radical (unpaired) electrons. The van der Waals surface area contributed by atoms with Gasteiger partial charge in [0.25, 0.3) is 5.91 Å². The minimum absolute atomic E-state index is 0.253. The fourth-order valence-electron chi connectivity index (χ4n) is 2.25. The third kappa shape index (κ3) is 3.45. The van der Waals surface area contributed by atoms with Crippen LogP contribution in [0.4, 0.5) is 10.2 Å². The van der Waals surface area contributed by atoms with Crippen LogP contribution >= 0.6 is 0 Å². The lowest BCUT2D eigenvalue weighted by molar-refractivity contribution is 0.101. The van der Waals surface area contributed by atoms with Crippen LogP contribution in [0.5, 0.6) is 0 Å². The molecule has 3 aromatic rings. The normalized spacial score (nSPS) is 10.7. The van der Waals surface area contributed by atoms with E-state index < -0.39 is 0 Å². The lowest BCUT2D eigenvalue weighted by Gasteiger charge is -2.04. The van der Waals surface area contributed by atoms with Crippen molar-refractivity contribution in [3.8, 4) is 0 Å². The Morgan fingerprint density at radius 3 is 2.74 bits per heavy atom. The molecule has 0 aliphatic heterocycles. The number of halogens is 1. The maximum Gasteiger partial charge on any atom is 0.275 e. The molecule has 0 aliphatic rings. The number of nitrogens with zero attached hydrogens (tertiary/aromatic N) is 4. The molecular weight excluding hydrogens is 297 g/mol. The van der Waals surface area contributed by atoms with Crippen LogP contribution < -0.4 is 5.32 Å². The molecule has 1 amide bonds. The Hall–Kier alpha value is -2.96. The quantitative estimate of drug-likeness (QED) is 0.787. The topological polar surface area (TPSA) is 64.7 Å². The molecule has 2 aromatic heterocycles. The average molecular weight is 313 g/mol. The first kappa shape index (κ1) is 15.0. The molecular formula is C16H16FN5O. The number of benzene rings is 1. The number of aromatic nitrogens is 4. The van der Waals surface area contributed by atoms with Gasteiger partial charge in [-0.3, -0.25) is 14.2 Å². The molecule has 0 unspecified atom stereocenters. The van der Waals surface area contributed by atoms with Crippen LogP contribution in [-0.2, 0) is 13.1 Å². The van der Waals surface area contributed by atoms with Crippen molar-refractivity contribution < 1.29 is 9.18 Å². The number of amides is 1. The summed E-state index contributed by atoms with van der Waals surface area (Å²) in [7, 11) is 0. The Kier molecular flexibility index (Phi) is 4.18. The number of nitrogens with one attached hydrogen (secondary N) is 1. The van der Waals surface area contributed by atoms with Crippen molar-refractivity contribution in [2.75, 3.05) is 5.32 Å². The minimum atomic E-state index is -0.269. The monoisotopic (exact) mass is 313 g/mol. The van der Waals surface area contributed by atoms with Crippen molar-refractivity contribution in [2.24, 2.45) is 0 Å². The van der Waals surface area contributed by atoms with Gasteiger partial charge in [-0.1, -0.05) is 12.1 Å². The van der Waals surface area contributed by atoms with E-state index in [0.29, 0.717) is 24.6 Å². The van der Waals surface area contributed by atoms with Gasteiger partial charge in [0.2, 0.25) is 0 Å². The largest absolute Gasteiger partial charge is 0.304 e. The lowest BCUT2D eigenvalue weighted by atomic mass is 10.2. The second kappa shape index (κ2) is 6.43. The number of rotatable bonds is 5. The van der Waals surface area contributed by atoms with Gasteiger partial charge in [-0.05, 0) is 30.7 Å². The van der Waals surface area contributed by atoms with Crippen molar-refractivity contribution >= 4 is 11.7 Å². The van der Waals surface area contributed by atoms with Crippen molar-refractivity contribution in [3.63, 3.8) is 0 Å². The molecule has 2 heterocycles. The highest BCUT2D eigenvalue weighted by Crippen LogP contribution is 2.09. The first-order chi connectivity index (χ1) is 11.2. The molecule has 118 valence electrons. The van der Waals surface area contributed by atoms with E-state index in [-0.39, 0.29) is 11.7 Å². The molecule has 0 spiro atoms. The van der Waals surface area contributed by atoms with E-state index in [4.69, 9.17) is 0 Å². The SMILES string of the molecule is CCn1nccc1C(=O)Nc1ccn(Cc2ccc(F)cc2)n1. The summed E-state index contributed by atoms with van der Waals surface area (Å²) in [6, 6.07) is 9.60. The molecule has 3 rings (SSSR count). The Morgan fingerprint density at radius 2 is 2.00 bits per heavy atom. The zero-order chi connectivity index (χ0) is 16.2. The van der Waals surface area contributed by atoms with Crippen molar-refractivity contribution in [2.45, 2.75) is 20.0 Å². The van der Waals surface area contributed by atoms with E-state index in [1.807, 2.05) is 6.92 Å². The van der Waals surface area contributed by atoms with Crippen LogP contribution in [-0.4, -0.2) is 25.5 Å². The Balaban J connectivity index is 1.67. The van der Waals surface area contributed by atoms with Gasteiger partial charge in [-0.2, -0.15) is 10.2 Å². The first-order valence-electron chi connectivity index (χ1n) is 7.27. The molecule has 0 atom stereocenters. The molecule has 23 heavy (non-hydrogen) atoms. The number of hydrogen-bond donors (Lipinski definition) is 1. The van der Waals surface area contributed by atoms with Crippen molar-refractivity contribution in [3.05, 3.63) is 65.9 Å². The van der Waals surface area contributed by atoms with E-state index in [1.165, 1.54) is 12.1 Å². The highest BCUT2D eigenvalue weighted by atomic mass is 19.1. The number of carbonyl (C=O) groups excluding carboxylic acids is 1. The van der Waals surface area contributed by atoms with Gasteiger partial charge >= 0.3 is 0 Å². The number of anilines is 1. The second-order valence-electron chi connectivity index (χ2n) is 5.01. The van der Waals surface area contributed by atoms with Crippen molar-refractivity contribution in [1.29, 1.82) is 0 Å². The highest BCUT2D eigenvalue weighted by Gasteiger charge is 2.12. The molecule has 0 saturated heterocycles. The summed E-state index contributed by atoms with van der Waals surface area (Å²) < 4.78 is 16.2. The van der Waals surface area contributed by atoms with Crippen LogP contribution in [0.3, 0.4) is 0 Å². The molecule has 6 nitrogen and oxygen atoms in total. The highest BCUT2D eigenvalue weighted by molar-refractivity contribution is 6.02. The van der Waals surface area contributed by atoms with Crippen LogP contribution in [0, 0.1) is 5.82 Å². The molecule has 0 aliphatic carbocycles. The summed E-state index contributed by atoms with van der Waals surface area (Å²) >= 11 is 0. The van der Waals surface area contributed by atoms with Gasteiger partial charge in [-0.15, -0.1) is 0 Å².